The lowest BCUT2D eigenvalue weighted by molar-refractivity contribution is -0.143. The fourth-order valence-electron chi connectivity index (χ4n) is 0.392. The van der Waals surface area contributed by atoms with Gasteiger partial charge in [-0.15, -0.1) is 0 Å². The first-order valence-corrected chi connectivity index (χ1v) is 3.97. The molecule has 0 N–H and O–H groups in total. The van der Waals surface area contributed by atoms with E-state index in [2.05, 4.69) is 17.1 Å². The van der Waals surface area contributed by atoms with Gasteiger partial charge in [0.15, 0.2) is 0 Å². The van der Waals surface area contributed by atoms with Crippen LogP contribution in [0.2, 0.25) is 0 Å². The van der Waals surface area contributed by atoms with Gasteiger partial charge < -0.3 is 9.16 Å². The number of esters is 1. The maximum atomic E-state index is 10.9. The van der Waals surface area contributed by atoms with Gasteiger partial charge in [0.25, 0.3) is 0 Å². The minimum Gasteiger partial charge on any atom is -0.459 e. The topological polar surface area (TPSA) is 35.5 Å². The summed E-state index contributed by atoms with van der Waals surface area (Å²) in [5, 5.41) is 0. The molecule has 0 aromatic rings. The first-order chi connectivity index (χ1) is 5.39. The highest BCUT2D eigenvalue weighted by molar-refractivity contribution is 5.98. The SMILES string of the molecule is C=C(C)C(=O)OCC(C)(C)O[Si]. The summed E-state index contributed by atoms with van der Waals surface area (Å²) in [6, 6.07) is 0. The van der Waals surface area contributed by atoms with Gasteiger partial charge in [-0.1, -0.05) is 6.58 Å². The number of hydrogen-bond acceptors (Lipinski definition) is 3. The van der Waals surface area contributed by atoms with Crippen molar-refractivity contribution in [1.29, 1.82) is 0 Å². The molecular weight excluding hydrogens is 172 g/mol. The van der Waals surface area contributed by atoms with Crippen molar-refractivity contribution in [3.63, 3.8) is 0 Å². The summed E-state index contributed by atoms with van der Waals surface area (Å²) in [6.07, 6.45) is 0. The van der Waals surface area contributed by atoms with E-state index in [1.807, 2.05) is 0 Å². The zero-order valence-corrected chi connectivity index (χ0v) is 8.64. The molecule has 0 heterocycles. The third kappa shape index (κ3) is 4.30. The van der Waals surface area contributed by atoms with Crippen LogP contribution in [-0.4, -0.2) is 28.7 Å². The molecule has 0 saturated carbocycles. The number of hydrogen-bond donors (Lipinski definition) is 0. The molecule has 0 rings (SSSR count). The summed E-state index contributed by atoms with van der Waals surface area (Å²) < 4.78 is 9.73. The van der Waals surface area contributed by atoms with E-state index in [1.54, 1.807) is 20.8 Å². The second-order valence-corrected chi connectivity index (χ2v) is 3.42. The Labute approximate surface area is 76.3 Å². The molecule has 0 fully saturated rings. The molecule has 0 aromatic carbocycles. The Morgan fingerprint density at radius 3 is 2.42 bits per heavy atom. The van der Waals surface area contributed by atoms with Crippen LogP contribution in [-0.2, 0) is 14.0 Å². The normalized spacial score (nSPS) is 11.0. The summed E-state index contributed by atoms with van der Waals surface area (Å²) in [6.45, 7) is 8.85. The van der Waals surface area contributed by atoms with Crippen LogP contribution < -0.4 is 0 Å². The number of carbonyl (C=O) groups is 1. The van der Waals surface area contributed by atoms with Crippen molar-refractivity contribution in [2.24, 2.45) is 0 Å². The second-order valence-electron chi connectivity index (χ2n) is 3.22. The average Bonchev–Trinajstić information content (AvgIpc) is 2.00. The molecule has 0 saturated heterocycles. The molecule has 0 bridgehead atoms. The van der Waals surface area contributed by atoms with Gasteiger partial charge in [0.05, 0.1) is 5.60 Å². The molecular formula is C8H13O3Si. The van der Waals surface area contributed by atoms with E-state index >= 15 is 0 Å². The molecule has 0 atom stereocenters. The highest BCUT2D eigenvalue weighted by Crippen LogP contribution is 2.08. The fraction of sp³-hybridized carbons (Fsp3) is 0.625. The van der Waals surface area contributed by atoms with Crippen molar-refractivity contribution < 1.29 is 14.0 Å². The molecule has 0 unspecified atom stereocenters. The van der Waals surface area contributed by atoms with Gasteiger partial charge in [0.2, 0.25) is 10.5 Å². The van der Waals surface area contributed by atoms with Crippen LogP contribution in [0.1, 0.15) is 20.8 Å². The van der Waals surface area contributed by atoms with Crippen molar-refractivity contribution in [3.8, 4) is 0 Å². The largest absolute Gasteiger partial charge is 0.459 e. The van der Waals surface area contributed by atoms with E-state index in [4.69, 9.17) is 9.16 Å². The monoisotopic (exact) mass is 185 g/mol. The lowest BCUT2D eigenvalue weighted by Gasteiger charge is -2.22. The van der Waals surface area contributed by atoms with Gasteiger partial charge >= 0.3 is 5.97 Å². The summed E-state index contributed by atoms with van der Waals surface area (Å²) in [5.74, 6) is -0.396. The van der Waals surface area contributed by atoms with Crippen LogP contribution in [0.3, 0.4) is 0 Å². The molecule has 0 spiro atoms. The maximum Gasteiger partial charge on any atom is 0.333 e. The predicted molar refractivity (Wildman–Crippen MR) is 46.7 cm³/mol. The first-order valence-electron chi connectivity index (χ1n) is 3.56. The Kier molecular flexibility index (Phi) is 4.20. The van der Waals surface area contributed by atoms with Gasteiger partial charge in [-0.25, -0.2) is 4.79 Å². The smallest absolute Gasteiger partial charge is 0.333 e. The van der Waals surface area contributed by atoms with Crippen LogP contribution in [0, 0.1) is 0 Å². The average molecular weight is 185 g/mol. The van der Waals surface area contributed by atoms with Crippen LogP contribution >= 0.6 is 0 Å². The van der Waals surface area contributed by atoms with Crippen molar-refractivity contribution in [2.75, 3.05) is 6.61 Å². The van der Waals surface area contributed by atoms with Crippen LogP contribution in [0.4, 0.5) is 0 Å². The van der Waals surface area contributed by atoms with Gasteiger partial charge in [0, 0.05) is 5.57 Å². The molecule has 0 amide bonds. The number of carbonyl (C=O) groups excluding carboxylic acids is 1. The number of ether oxygens (including phenoxy) is 1. The van der Waals surface area contributed by atoms with Crippen molar-refractivity contribution >= 4 is 16.5 Å². The van der Waals surface area contributed by atoms with Gasteiger partial charge in [-0.05, 0) is 20.8 Å². The minimum atomic E-state index is -0.512. The predicted octanol–water partition coefficient (Wildman–Crippen LogP) is 0.984. The summed E-state index contributed by atoms with van der Waals surface area (Å²) >= 11 is 0. The Balaban J connectivity index is 3.83. The maximum absolute atomic E-state index is 10.9. The van der Waals surface area contributed by atoms with Crippen molar-refractivity contribution in [1.82, 2.24) is 0 Å². The highest BCUT2D eigenvalue weighted by atomic mass is 28.2. The molecule has 3 radical (unpaired) electrons. The van der Waals surface area contributed by atoms with Crippen molar-refractivity contribution in [3.05, 3.63) is 12.2 Å². The molecule has 0 aliphatic rings. The zero-order valence-electron chi connectivity index (χ0n) is 7.64. The third-order valence-electron chi connectivity index (χ3n) is 1.18. The van der Waals surface area contributed by atoms with Crippen LogP contribution in [0.15, 0.2) is 12.2 Å². The molecule has 0 aromatic heterocycles. The fourth-order valence-corrected chi connectivity index (χ4v) is 0.451. The van der Waals surface area contributed by atoms with E-state index in [9.17, 15) is 4.79 Å². The summed E-state index contributed by atoms with van der Waals surface area (Å²) in [4.78, 5) is 10.9. The van der Waals surface area contributed by atoms with Crippen LogP contribution in [0.5, 0.6) is 0 Å². The molecule has 67 valence electrons. The highest BCUT2D eigenvalue weighted by Gasteiger charge is 2.18. The van der Waals surface area contributed by atoms with E-state index in [1.165, 1.54) is 0 Å². The van der Waals surface area contributed by atoms with Gasteiger partial charge in [-0.2, -0.15) is 0 Å². The Bertz CT molecular complexity index is 187. The Hall–Kier alpha value is -0.613. The van der Waals surface area contributed by atoms with E-state index in [0.717, 1.165) is 0 Å². The second kappa shape index (κ2) is 4.42. The van der Waals surface area contributed by atoms with E-state index in [0.29, 0.717) is 5.57 Å². The van der Waals surface area contributed by atoms with E-state index in [-0.39, 0.29) is 6.61 Å². The zero-order chi connectivity index (χ0) is 9.78. The summed E-state index contributed by atoms with van der Waals surface area (Å²) in [7, 11) is 2.89. The lowest BCUT2D eigenvalue weighted by Crippen LogP contribution is -2.31. The molecule has 3 nitrogen and oxygen atoms in total. The lowest BCUT2D eigenvalue weighted by atomic mass is 10.2. The van der Waals surface area contributed by atoms with Crippen molar-refractivity contribution in [2.45, 2.75) is 26.4 Å². The van der Waals surface area contributed by atoms with E-state index < -0.39 is 11.6 Å². The van der Waals surface area contributed by atoms with Gasteiger partial charge in [-0.3, -0.25) is 0 Å². The molecule has 12 heavy (non-hydrogen) atoms. The first kappa shape index (κ1) is 11.4. The van der Waals surface area contributed by atoms with Crippen LogP contribution in [0.25, 0.3) is 0 Å². The molecule has 0 aliphatic carbocycles. The minimum absolute atomic E-state index is 0.197. The Morgan fingerprint density at radius 2 is 2.08 bits per heavy atom. The molecule has 0 aliphatic heterocycles. The standard InChI is InChI=1S/C8H13O3Si/c1-6(2)7(9)10-5-8(3,4)11-12/h1,5H2,2-4H3. The third-order valence-corrected chi connectivity index (χ3v) is 1.73. The number of rotatable bonds is 4. The summed E-state index contributed by atoms with van der Waals surface area (Å²) in [5.41, 5.74) is -0.123. The Morgan fingerprint density at radius 1 is 1.58 bits per heavy atom. The quantitative estimate of drug-likeness (QED) is 0.372. The van der Waals surface area contributed by atoms with Gasteiger partial charge in [0.1, 0.15) is 6.61 Å². The molecule has 4 heteroatoms.